The predicted molar refractivity (Wildman–Crippen MR) is 93.8 cm³/mol. The van der Waals surface area contributed by atoms with Crippen LogP contribution >= 0.6 is 31.9 Å². The van der Waals surface area contributed by atoms with Crippen molar-refractivity contribution in [3.8, 4) is 0 Å². The lowest BCUT2D eigenvalue weighted by atomic mass is 10.3. The molecule has 0 fully saturated rings. The second-order valence-corrected chi connectivity index (χ2v) is 8.72. The van der Waals surface area contributed by atoms with Gasteiger partial charge in [0, 0.05) is 28.1 Å². The van der Waals surface area contributed by atoms with Crippen molar-refractivity contribution in [2.45, 2.75) is 24.8 Å². The predicted octanol–water partition coefficient (Wildman–Crippen LogP) is 2.75. The number of sulfonamides is 1. The van der Waals surface area contributed by atoms with Crippen LogP contribution in [0.3, 0.4) is 0 Å². The van der Waals surface area contributed by atoms with Crippen molar-refractivity contribution in [2.75, 3.05) is 32.9 Å². The zero-order chi connectivity index (χ0) is 16.4. The molecule has 1 unspecified atom stereocenters. The second-order valence-electron chi connectivity index (χ2n) is 5.13. The van der Waals surface area contributed by atoms with E-state index in [4.69, 9.17) is 5.73 Å². The molecule has 21 heavy (non-hydrogen) atoms. The summed E-state index contributed by atoms with van der Waals surface area (Å²) >= 11 is 6.61. The molecule has 8 heteroatoms. The number of nitrogens with zero attached hydrogens (tertiary/aromatic N) is 2. The Morgan fingerprint density at radius 2 is 1.86 bits per heavy atom. The number of likely N-dealkylation sites (N-methyl/N-ethyl adjacent to an activating group) is 2. The highest BCUT2D eigenvalue weighted by Crippen LogP contribution is 2.34. The molecule has 0 aliphatic heterocycles. The molecule has 0 aromatic heterocycles. The number of hydrogen-bond acceptors (Lipinski definition) is 4. The van der Waals surface area contributed by atoms with Crippen molar-refractivity contribution < 1.29 is 8.42 Å². The van der Waals surface area contributed by atoms with E-state index in [-0.39, 0.29) is 16.6 Å². The lowest BCUT2D eigenvalue weighted by Gasteiger charge is -2.30. The molecular weight excluding hydrogens is 422 g/mol. The van der Waals surface area contributed by atoms with Gasteiger partial charge in [0.1, 0.15) is 4.90 Å². The van der Waals surface area contributed by atoms with Crippen LogP contribution in [-0.2, 0) is 10.0 Å². The SMILES string of the molecule is CCN(C(C)CN(C)C)S(=O)(=O)c1c(N)cc(Br)cc1Br. The van der Waals surface area contributed by atoms with Crippen molar-refractivity contribution in [1.82, 2.24) is 9.21 Å². The molecule has 0 saturated carbocycles. The smallest absolute Gasteiger partial charge is 0.246 e. The highest BCUT2D eigenvalue weighted by molar-refractivity contribution is 9.11. The van der Waals surface area contributed by atoms with Gasteiger partial charge in [-0.15, -0.1) is 0 Å². The molecule has 0 bridgehead atoms. The standard InChI is InChI=1S/C13H21Br2N3O2S/c1-5-18(9(2)8-17(3)4)21(19,20)13-11(15)6-10(14)7-12(13)16/h6-7,9H,5,8,16H2,1-4H3. The Kier molecular flexibility index (Phi) is 6.67. The largest absolute Gasteiger partial charge is 0.398 e. The molecule has 0 heterocycles. The quantitative estimate of drug-likeness (QED) is 0.687. The summed E-state index contributed by atoms with van der Waals surface area (Å²) in [5, 5.41) is 0. The molecule has 1 aromatic carbocycles. The minimum Gasteiger partial charge on any atom is -0.398 e. The summed E-state index contributed by atoms with van der Waals surface area (Å²) in [5.74, 6) is 0. The Labute approximate surface area is 143 Å². The first-order chi connectivity index (χ1) is 9.61. The molecule has 2 N–H and O–H groups in total. The van der Waals surface area contributed by atoms with Crippen molar-refractivity contribution in [1.29, 1.82) is 0 Å². The van der Waals surface area contributed by atoms with E-state index >= 15 is 0 Å². The summed E-state index contributed by atoms with van der Waals surface area (Å²) in [4.78, 5) is 2.08. The van der Waals surface area contributed by atoms with Gasteiger partial charge in [-0.05, 0) is 49.1 Å². The van der Waals surface area contributed by atoms with Gasteiger partial charge < -0.3 is 10.6 Å². The summed E-state index contributed by atoms with van der Waals surface area (Å²) in [6, 6.07) is 3.14. The minimum absolute atomic E-state index is 0.123. The fraction of sp³-hybridized carbons (Fsp3) is 0.538. The molecule has 0 radical (unpaired) electrons. The fourth-order valence-electron chi connectivity index (χ4n) is 2.31. The van der Waals surface area contributed by atoms with Crippen LogP contribution in [0.25, 0.3) is 0 Å². The normalized spacial score (nSPS) is 13.9. The Morgan fingerprint density at radius 1 is 1.29 bits per heavy atom. The Morgan fingerprint density at radius 3 is 2.29 bits per heavy atom. The maximum absolute atomic E-state index is 12.9. The van der Waals surface area contributed by atoms with Crippen molar-refractivity contribution in [2.24, 2.45) is 0 Å². The van der Waals surface area contributed by atoms with Crippen LogP contribution in [0, 0.1) is 0 Å². The third-order valence-corrected chi connectivity index (χ3v) is 6.59. The van der Waals surface area contributed by atoms with Gasteiger partial charge in [0.15, 0.2) is 0 Å². The van der Waals surface area contributed by atoms with Crippen LogP contribution in [-0.4, -0.2) is 50.8 Å². The first-order valence-corrected chi connectivity index (χ1v) is 9.55. The number of benzene rings is 1. The molecule has 0 saturated heterocycles. The fourth-order valence-corrected chi connectivity index (χ4v) is 5.96. The number of nitrogens with two attached hydrogens (primary N) is 1. The number of nitrogen functional groups attached to an aromatic ring is 1. The molecule has 5 nitrogen and oxygen atoms in total. The highest BCUT2D eigenvalue weighted by atomic mass is 79.9. The Hall–Kier alpha value is -0.150. The topological polar surface area (TPSA) is 66.6 Å². The lowest BCUT2D eigenvalue weighted by Crippen LogP contribution is -2.43. The molecule has 1 aromatic rings. The van der Waals surface area contributed by atoms with Gasteiger partial charge in [-0.2, -0.15) is 4.31 Å². The average Bonchev–Trinajstić information content (AvgIpc) is 2.25. The molecule has 0 aliphatic rings. The van der Waals surface area contributed by atoms with E-state index in [1.807, 2.05) is 32.8 Å². The average molecular weight is 443 g/mol. The zero-order valence-corrected chi connectivity index (χ0v) is 16.6. The van der Waals surface area contributed by atoms with Gasteiger partial charge >= 0.3 is 0 Å². The Bertz CT molecular complexity index is 582. The van der Waals surface area contributed by atoms with Gasteiger partial charge in [-0.3, -0.25) is 0 Å². The number of halogens is 2. The maximum atomic E-state index is 12.9. The number of rotatable bonds is 6. The third-order valence-electron chi connectivity index (χ3n) is 3.04. The van der Waals surface area contributed by atoms with Gasteiger partial charge in [-0.1, -0.05) is 22.9 Å². The molecule has 0 aliphatic carbocycles. The van der Waals surface area contributed by atoms with Gasteiger partial charge in [-0.25, -0.2) is 8.42 Å². The van der Waals surface area contributed by atoms with Gasteiger partial charge in [0.2, 0.25) is 10.0 Å². The van der Waals surface area contributed by atoms with Crippen LogP contribution in [0.1, 0.15) is 13.8 Å². The third kappa shape index (κ3) is 4.41. The monoisotopic (exact) mass is 441 g/mol. The first-order valence-electron chi connectivity index (χ1n) is 6.52. The van der Waals surface area contributed by atoms with E-state index in [9.17, 15) is 8.42 Å². The zero-order valence-electron chi connectivity index (χ0n) is 12.6. The van der Waals surface area contributed by atoms with Crippen molar-refractivity contribution in [3.05, 3.63) is 21.1 Å². The van der Waals surface area contributed by atoms with Crippen LogP contribution in [0.4, 0.5) is 5.69 Å². The minimum atomic E-state index is -3.66. The van der Waals surface area contributed by atoms with E-state index in [0.717, 1.165) is 4.47 Å². The summed E-state index contributed by atoms with van der Waals surface area (Å²) in [7, 11) is 0.175. The van der Waals surface area contributed by atoms with E-state index in [0.29, 0.717) is 17.6 Å². The molecule has 0 spiro atoms. The molecule has 0 amide bonds. The van der Waals surface area contributed by atoms with Crippen LogP contribution in [0.5, 0.6) is 0 Å². The maximum Gasteiger partial charge on any atom is 0.246 e. The van der Waals surface area contributed by atoms with E-state index < -0.39 is 10.0 Å². The molecule has 1 atom stereocenters. The van der Waals surface area contributed by atoms with Gasteiger partial charge in [0.25, 0.3) is 0 Å². The molecule has 120 valence electrons. The summed E-state index contributed by atoms with van der Waals surface area (Å²) < 4.78 is 28.5. The van der Waals surface area contributed by atoms with E-state index in [1.165, 1.54) is 4.31 Å². The summed E-state index contributed by atoms with van der Waals surface area (Å²) in [5.41, 5.74) is 6.15. The molecular formula is C13H21Br2N3O2S. The summed E-state index contributed by atoms with van der Waals surface area (Å²) in [6.07, 6.45) is 0. The first kappa shape index (κ1) is 18.9. The number of hydrogen-bond donors (Lipinski definition) is 1. The van der Waals surface area contributed by atoms with Crippen LogP contribution in [0.15, 0.2) is 26.0 Å². The molecule has 1 rings (SSSR count). The Balaban J connectivity index is 3.32. The van der Waals surface area contributed by atoms with E-state index in [2.05, 4.69) is 31.9 Å². The number of anilines is 1. The van der Waals surface area contributed by atoms with Crippen molar-refractivity contribution in [3.63, 3.8) is 0 Å². The van der Waals surface area contributed by atoms with Crippen molar-refractivity contribution >= 4 is 47.6 Å². The van der Waals surface area contributed by atoms with Crippen LogP contribution in [0.2, 0.25) is 0 Å². The lowest BCUT2D eigenvalue weighted by molar-refractivity contribution is 0.271. The van der Waals surface area contributed by atoms with Gasteiger partial charge in [0.05, 0.1) is 5.69 Å². The second kappa shape index (κ2) is 7.41. The highest BCUT2D eigenvalue weighted by Gasteiger charge is 2.31. The van der Waals surface area contributed by atoms with E-state index in [1.54, 1.807) is 12.1 Å². The summed E-state index contributed by atoms with van der Waals surface area (Å²) in [6.45, 7) is 4.75. The van der Waals surface area contributed by atoms with Crippen LogP contribution < -0.4 is 5.73 Å².